The maximum atomic E-state index is 10.1. The van der Waals surface area contributed by atoms with Crippen molar-refractivity contribution in [1.29, 1.82) is 0 Å². The second kappa shape index (κ2) is 11.7. The number of carbonyl (C=O) groups excluding carboxylic acids is 2. The van der Waals surface area contributed by atoms with Gasteiger partial charge >= 0.3 is 0 Å². The van der Waals surface area contributed by atoms with Crippen molar-refractivity contribution in [1.82, 2.24) is 0 Å². The number of carbonyl (C=O) groups is 2. The van der Waals surface area contributed by atoms with Gasteiger partial charge in [0.15, 0.2) is 0 Å². The van der Waals surface area contributed by atoms with E-state index in [9.17, 15) is 19.8 Å². The molecule has 0 saturated heterocycles. The summed E-state index contributed by atoms with van der Waals surface area (Å²) in [6, 6.07) is 0. The molecule has 1 aliphatic rings. The van der Waals surface area contributed by atoms with E-state index < -0.39 is 23.1 Å². The quantitative estimate of drug-likeness (QED) is 0.249. The molecule has 0 spiro atoms. The maximum Gasteiger partial charge on any atom is 0.0978 e. The fourth-order valence-corrected chi connectivity index (χ4v) is 0.517. The summed E-state index contributed by atoms with van der Waals surface area (Å²) in [6.07, 6.45) is 0. The number of carboxylic acids is 2. The number of aliphatic carboxylic acids is 2. The SMILES string of the molecule is O=C([O-])C1=C=C=C(C(=O)[O-])C#C1.[Li].[Li].[Li].[Li]. The summed E-state index contributed by atoms with van der Waals surface area (Å²) in [4.78, 5) is 20.2. The molecule has 0 fully saturated rings. The van der Waals surface area contributed by atoms with Crippen LogP contribution in [0.2, 0.25) is 0 Å². The van der Waals surface area contributed by atoms with E-state index in [1.54, 1.807) is 0 Å². The number of rotatable bonds is 2. The van der Waals surface area contributed by atoms with Gasteiger partial charge in [0, 0.05) is 75.4 Å². The Hall–Kier alpha value is 0.190. The van der Waals surface area contributed by atoms with E-state index in [1.807, 2.05) is 23.3 Å². The van der Waals surface area contributed by atoms with Crippen LogP contribution in [-0.2, 0) is 9.59 Å². The molecule has 0 saturated carbocycles. The molecule has 0 N–H and O–H groups in total. The van der Waals surface area contributed by atoms with Crippen molar-refractivity contribution in [3.05, 3.63) is 22.6 Å². The molecule has 0 aromatic rings. The standard InChI is InChI=1S/C8H2O4.4Li/c9-7(10)5-1-2-6(4-3-5)8(11)12;;;;/h(H,9,10)(H,11,12);;;;/p-2. The van der Waals surface area contributed by atoms with E-state index >= 15 is 0 Å². The molecule has 1 aliphatic carbocycles. The van der Waals surface area contributed by atoms with E-state index in [2.05, 4.69) is 0 Å². The molecular formula is C8Li4O4-2. The molecule has 1 rings (SSSR count). The fourth-order valence-electron chi connectivity index (χ4n) is 0.517. The third-order valence-electron chi connectivity index (χ3n) is 1.03. The number of hydrogen-bond acceptors (Lipinski definition) is 4. The minimum atomic E-state index is -1.51. The molecule has 16 heavy (non-hydrogen) atoms. The average molecular weight is 188 g/mol. The van der Waals surface area contributed by atoms with Gasteiger partial charge in [-0.15, -0.1) is 0 Å². The summed E-state index contributed by atoms with van der Waals surface area (Å²) in [5.41, 5.74) is 3.21. The Labute approximate surface area is 140 Å². The monoisotopic (exact) mass is 188 g/mol. The molecule has 8 heteroatoms. The first-order valence-corrected chi connectivity index (χ1v) is 2.82. The van der Waals surface area contributed by atoms with E-state index in [4.69, 9.17) is 0 Å². The normalized spacial score (nSPS) is 9.25. The van der Waals surface area contributed by atoms with Gasteiger partial charge in [-0.3, -0.25) is 0 Å². The largest absolute Gasteiger partial charge is 0.543 e. The minimum Gasteiger partial charge on any atom is -0.543 e. The molecule has 0 bridgehead atoms. The summed E-state index contributed by atoms with van der Waals surface area (Å²) in [5.74, 6) is 1.03. The van der Waals surface area contributed by atoms with Crippen molar-refractivity contribution in [2.24, 2.45) is 0 Å². The topological polar surface area (TPSA) is 80.3 Å². The van der Waals surface area contributed by atoms with Crippen molar-refractivity contribution in [2.75, 3.05) is 0 Å². The second-order valence-electron chi connectivity index (χ2n) is 1.82. The molecule has 0 unspecified atom stereocenters. The van der Waals surface area contributed by atoms with Crippen LogP contribution < -0.4 is 10.2 Å². The second-order valence-corrected chi connectivity index (χ2v) is 1.82. The molecule has 0 amide bonds. The summed E-state index contributed by atoms with van der Waals surface area (Å²) in [7, 11) is 0. The summed E-state index contributed by atoms with van der Waals surface area (Å²) in [5, 5.41) is 20.2. The zero-order valence-corrected chi connectivity index (χ0v) is 9.63. The van der Waals surface area contributed by atoms with Crippen molar-refractivity contribution in [2.45, 2.75) is 0 Å². The number of hydrogen-bond donors (Lipinski definition) is 0. The zero-order valence-electron chi connectivity index (χ0n) is 9.63. The predicted octanol–water partition coefficient (Wildman–Crippen LogP) is -4.41. The molecule has 0 aromatic carbocycles. The average Bonchev–Trinajstić information content (AvgIpc) is 2.04. The van der Waals surface area contributed by atoms with Crippen LogP contribution in [0, 0.1) is 11.8 Å². The van der Waals surface area contributed by atoms with Crippen LogP contribution in [0.3, 0.4) is 0 Å². The molecule has 0 aromatic heterocycles. The van der Waals surface area contributed by atoms with Gasteiger partial charge in [0.1, 0.15) is 0 Å². The van der Waals surface area contributed by atoms with Crippen LogP contribution in [0.15, 0.2) is 22.6 Å². The van der Waals surface area contributed by atoms with Gasteiger partial charge in [-0.2, -0.15) is 0 Å². The molecule has 62 valence electrons. The third-order valence-corrected chi connectivity index (χ3v) is 1.03. The van der Waals surface area contributed by atoms with Crippen molar-refractivity contribution >= 4 is 87.4 Å². The molecule has 0 aliphatic heterocycles. The molecule has 0 heterocycles. The predicted molar refractivity (Wildman–Crippen MR) is 54.9 cm³/mol. The first kappa shape index (κ1) is 25.1. The van der Waals surface area contributed by atoms with Crippen molar-refractivity contribution < 1.29 is 19.8 Å². The smallest absolute Gasteiger partial charge is 0.0978 e. The van der Waals surface area contributed by atoms with Gasteiger partial charge in [0.2, 0.25) is 0 Å². The fraction of sp³-hybridized carbons (Fsp3) is 0. The van der Waals surface area contributed by atoms with Crippen LogP contribution in [0.5, 0.6) is 0 Å². The van der Waals surface area contributed by atoms with Crippen LogP contribution in [0.4, 0.5) is 0 Å². The Bertz CT molecular complexity index is 393. The Morgan fingerprint density at radius 2 is 1.00 bits per heavy atom. The van der Waals surface area contributed by atoms with Crippen LogP contribution in [0.1, 0.15) is 0 Å². The van der Waals surface area contributed by atoms with Gasteiger partial charge in [-0.1, -0.05) is 0 Å². The Kier molecular flexibility index (Phi) is 18.3. The minimum absolute atomic E-state index is 0. The Morgan fingerprint density at radius 3 is 1.12 bits per heavy atom. The van der Waals surface area contributed by atoms with E-state index in [1.165, 1.54) is 0 Å². The van der Waals surface area contributed by atoms with E-state index in [-0.39, 0.29) is 75.4 Å². The molecule has 0 atom stereocenters. The van der Waals surface area contributed by atoms with Gasteiger partial charge < -0.3 is 19.8 Å². The summed E-state index contributed by atoms with van der Waals surface area (Å²) in [6.45, 7) is 0. The van der Waals surface area contributed by atoms with Gasteiger partial charge in [-0.25, -0.2) is 0 Å². The zero-order chi connectivity index (χ0) is 9.14. The third kappa shape index (κ3) is 7.46. The van der Waals surface area contributed by atoms with Gasteiger partial charge in [-0.05, 0) is 23.3 Å². The Balaban J connectivity index is -0.000000180. The number of carboxylic acid groups (broad SMARTS) is 2. The van der Waals surface area contributed by atoms with Crippen LogP contribution in [0.25, 0.3) is 0 Å². The van der Waals surface area contributed by atoms with E-state index in [0.29, 0.717) is 0 Å². The summed E-state index contributed by atoms with van der Waals surface area (Å²) >= 11 is 0. The van der Waals surface area contributed by atoms with Gasteiger partial charge in [0.05, 0.1) is 23.1 Å². The van der Waals surface area contributed by atoms with Crippen LogP contribution >= 0.6 is 0 Å². The molecule has 4 nitrogen and oxygen atoms in total. The first-order valence-electron chi connectivity index (χ1n) is 2.82. The molecular weight excluding hydrogens is 188 g/mol. The first-order chi connectivity index (χ1) is 5.61. The maximum absolute atomic E-state index is 10.1. The van der Waals surface area contributed by atoms with Crippen LogP contribution in [-0.4, -0.2) is 87.4 Å². The Morgan fingerprint density at radius 1 is 0.750 bits per heavy atom. The van der Waals surface area contributed by atoms with Crippen molar-refractivity contribution in [3.63, 3.8) is 0 Å². The van der Waals surface area contributed by atoms with Gasteiger partial charge in [0.25, 0.3) is 0 Å². The molecule has 4 radical (unpaired) electrons. The summed E-state index contributed by atoms with van der Waals surface area (Å²) < 4.78 is 0. The van der Waals surface area contributed by atoms with E-state index in [0.717, 1.165) is 0 Å². The van der Waals surface area contributed by atoms with Crippen molar-refractivity contribution in [3.8, 4) is 11.8 Å².